The molecule has 0 bridgehead atoms. The fourth-order valence-electron chi connectivity index (χ4n) is 14.2. The third-order valence-electron chi connectivity index (χ3n) is 18.4. The molecule has 0 aromatic carbocycles. The summed E-state index contributed by atoms with van der Waals surface area (Å²) in [6, 6.07) is 0. The molecule has 9 unspecified atom stereocenters. The van der Waals surface area contributed by atoms with Crippen LogP contribution in [0.25, 0.3) is 0 Å². The number of carbonyl (C=O) groups is 1. The third kappa shape index (κ3) is 7.40. The molecular formula is C45H72O18. The van der Waals surface area contributed by atoms with Gasteiger partial charge < -0.3 is 84.6 Å². The van der Waals surface area contributed by atoms with E-state index in [1.807, 2.05) is 0 Å². The van der Waals surface area contributed by atoms with Gasteiger partial charge in [0.2, 0.25) is 6.29 Å². The molecule has 5 aliphatic carbocycles. The van der Waals surface area contributed by atoms with Crippen LogP contribution >= 0.6 is 0 Å². The molecule has 63 heavy (non-hydrogen) atoms. The summed E-state index contributed by atoms with van der Waals surface area (Å²) < 4.78 is 33.9. The second-order valence-electron chi connectivity index (χ2n) is 22.5. The number of rotatable bonds is 6. The van der Waals surface area contributed by atoms with Gasteiger partial charge >= 0.3 is 5.97 Å². The molecule has 0 amide bonds. The maximum atomic E-state index is 15.1. The van der Waals surface area contributed by atoms with Crippen LogP contribution in [0.5, 0.6) is 0 Å². The smallest absolute Gasteiger partial charge is 0.315 e. The first-order valence-electron chi connectivity index (χ1n) is 22.9. The van der Waals surface area contributed by atoms with Gasteiger partial charge in [-0.2, -0.15) is 0 Å². The summed E-state index contributed by atoms with van der Waals surface area (Å²) >= 11 is 0. The van der Waals surface area contributed by atoms with Gasteiger partial charge in [-0.1, -0.05) is 60.1 Å². The molecule has 4 saturated carbocycles. The molecule has 3 heterocycles. The summed E-state index contributed by atoms with van der Waals surface area (Å²) in [7, 11) is 0. The van der Waals surface area contributed by atoms with Gasteiger partial charge in [0.05, 0.1) is 11.5 Å². The van der Waals surface area contributed by atoms with Crippen molar-refractivity contribution >= 4 is 5.97 Å². The maximum absolute atomic E-state index is 15.1. The number of esters is 1. The van der Waals surface area contributed by atoms with Gasteiger partial charge in [-0.05, 0) is 109 Å². The highest BCUT2D eigenvalue weighted by atomic mass is 16.8. The van der Waals surface area contributed by atoms with Crippen molar-refractivity contribution in [3.05, 3.63) is 11.6 Å². The van der Waals surface area contributed by atoms with E-state index in [4.69, 9.17) is 28.4 Å². The SMILES string of the molecule is CC1(C)CC[C@]2(C(=O)O[C@@H]3OC(O)[C@@H](O)[C@H](O)C3O[C@@H]3OC(O)[C@@H](O)[C@H](O)C3O[C@@H]3OC(O)[C@@H](O)[C@H](O)C3O)CC[C@]3(C)C(=CCC4[C@@]5(C)CC[C@H](O)C(C)(C)C5CC[C@]43C)C2C1. The maximum Gasteiger partial charge on any atom is 0.315 e. The highest BCUT2D eigenvalue weighted by Gasteiger charge is 2.70. The Morgan fingerprint density at radius 1 is 0.587 bits per heavy atom. The molecule has 18 heteroatoms. The molecule has 3 aliphatic heterocycles. The van der Waals surface area contributed by atoms with Crippen LogP contribution in [0.1, 0.15) is 113 Å². The molecule has 8 aliphatic rings. The molecule has 3 saturated heterocycles. The van der Waals surface area contributed by atoms with Gasteiger partial charge in [0.1, 0.15) is 48.8 Å². The van der Waals surface area contributed by atoms with E-state index in [9.17, 15) is 56.2 Å². The Labute approximate surface area is 368 Å². The number of hydrogen-bond acceptors (Lipinski definition) is 18. The number of allylic oxidation sites excluding steroid dienone is 2. The van der Waals surface area contributed by atoms with E-state index in [-0.39, 0.29) is 39.1 Å². The molecule has 18 nitrogen and oxygen atoms in total. The molecule has 11 N–H and O–H groups in total. The van der Waals surface area contributed by atoms with Gasteiger partial charge in [0.15, 0.2) is 37.6 Å². The summed E-state index contributed by atoms with van der Waals surface area (Å²) in [4.78, 5) is 15.1. The summed E-state index contributed by atoms with van der Waals surface area (Å²) in [6.45, 7) is 16.1. The molecule has 0 aromatic heterocycles. The van der Waals surface area contributed by atoms with E-state index in [1.165, 1.54) is 5.57 Å². The fraction of sp³-hybridized carbons (Fsp3) is 0.933. The predicted octanol–water partition coefficient (Wildman–Crippen LogP) is 0.0130. The Hall–Kier alpha value is -1.43. The van der Waals surface area contributed by atoms with Crippen LogP contribution in [-0.4, -0.2) is 161 Å². The normalized spacial score (nSPS) is 55.3. The van der Waals surface area contributed by atoms with E-state index in [1.54, 1.807) is 0 Å². The first-order valence-corrected chi connectivity index (χ1v) is 22.9. The topological polar surface area (TPSA) is 295 Å². The molecular weight excluding hydrogens is 828 g/mol. The number of ether oxygens (including phenoxy) is 6. The highest BCUT2D eigenvalue weighted by Crippen LogP contribution is 2.76. The van der Waals surface area contributed by atoms with Crippen LogP contribution in [0.2, 0.25) is 0 Å². The lowest BCUT2D eigenvalue weighted by Gasteiger charge is -2.71. The van der Waals surface area contributed by atoms with E-state index in [2.05, 4.69) is 54.5 Å². The Morgan fingerprint density at radius 3 is 1.76 bits per heavy atom. The zero-order chi connectivity index (χ0) is 46.1. The first-order chi connectivity index (χ1) is 29.2. The Bertz CT molecular complexity index is 1740. The molecule has 0 radical (unpaired) electrons. The second kappa shape index (κ2) is 16.4. The van der Waals surface area contributed by atoms with Crippen molar-refractivity contribution in [1.82, 2.24) is 0 Å². The standard InChI is InChI=1S/C45H72O18/c1-40(2)14-16-45(17-15-43(6)19(20(45)18-40)8-9-22-42(5)12-11-23(46)41(3,4)21(42)10-13-44(22,43)7)39(57)63-38-32(26(49)29(52)35(56)62-38)59-37-31(25(48)28(51)34(55)61-37)58-36-30(53)24(47)27(50)33(54)60-36/h8,20-38,46-56H,9-18H2,1-7H3/t20?,21?,22?,23-,24-,25-,26-,27-,28-,29-,30?,31?,32?,33?,34?,35?,36+,37+,38-,42-,43+,44+,45-/m0/s1. The van der Waals surface area contributed by atoms with Crippen LogP contribution in [0.4, 0.5) is 0 Å². The van der Waals surface area contributed by atoms with Crippen molar-refractivity contribution in [2.75, 3.05) is 0 Å². The number of carbonyl (C=O) groups excluding carboxylic acids is 1. The zero-order valence-corrected chi connectivity index (χ0v) is 37.4. The summed E-state index contributed by atoms with van der Waals surface area (Å²) in [5.74, 6) is -0.155. The Kier molecular flexibility index (Phi) is 12.5. The molecule has 7 fully saturated rings. The largest absolute Gasteiger partial charge is 0.432 e. The molecule has 0 aromatic rings. The van der Waals surface area contributed by atoms with Crippen molar-refractivity contribution in [2.24, 2.45) is 50.2 Å². The van der Waals surface area contributed by atoms with Crippen molar-refractivity contribution in [3.63, 3.8) is 0 Å². The lowest BCUT2D eigenvalue weighted by Crippen LogP contribution is -2.67. The van der Waals surface area contributed by atoms with Crippen LogP contribution in [0.3, 0.4) is 0 Å². The van der Waals surface area contributed by atoms with Crippen molar-refractivity contribution < 1.29 is 89.4 Å². The van der Waals surface area contributed by atoms with Gasteiger partial charge in [0.25, 0.3) is 0 Å². The summed E-state index contributed by atoms with van der Waals surface area (Å²) in [6.07, 6.45) is -20.4. The van der Waals surface area contributed by atoms with Crippen LogP contribution in [0.15, 0.2) is 11.6 Å². The number of hydrogen-bond donors (Lipinski definition) is 11. The number of fused-ring (bicyclic) bond motifs is 7. The van der Waals surface area contributed by atoms with E-state index < -0.39 is 104 Å². The van der Waals surface area contributed by atoms with E-state index >= 15 is 4.79 Å². The van der Waals surface area contributed by atoms with Gasteiger partial charge in [0, 0.05) is 0 Å². The minimum Gasteiger partial charge on any atom is -0.432 e. The Morgan fingerprint density at radius 2 is 1.13 bits per heavy atom. The van der Waals surface area contributed by atoms with Crippen molar-refractivity contribution in [3.8, 4) is 0 Å². The summed E-state index contributed by atoms with van der Waals surface area (Å²) in [5, 5.41) is 117. The highest BCUT2D eigenvalue weighted by molar-refractivity contribution is 5.79. The second-order valence-corrected chi connectivity index (χ2v) is 22.5. The fourth-order valence-corrected chi connectivity index (χ4v) is 14.2. The monoisotopic (exact) mass is 900 g/mol. The van der Waals surface area contributed by atoms with Crippen LogP contribution in [-0.2, 0) is 33.2 Å². The number of aliphatic hydroxyl groups excluding tert-OH is 11. The average molecular weight is 901 g/mol. The molecule has 8 rings (SSSR count). The summed E-state index contributed by atoms with van der Waals surface area (Å²) in [5.41, 5.74) is -0.467. The quantitative estimate of drug-likeness (QED) is 0.124. The predicted molar refractivity (Wildman–Crippen MR) is 216 cm³/mol. The molecule has 23 atom stereocenters. The lowest BCUT2D eigenvalue weighted by atomic mass is 9.33. The van der Waals surface area contributed by atoms with Crippen molar-refractivity contribution in [2.45, 2.75) is 211 Å². The average Bonchev–Trinajstić information content (AvgIpc) is 3.21. The number of aliphatic hydroxyl groups is 11. The minimum absolute atomic E-state index is 0.0180. The zero-order valence-electron chi connectivity index (χ0n) is 37.4. The molecule has 360 valence electrons. The van der Waals surface area contributed by atoms with Gasteiger partial charge in [-0.15, -0.1) is 0 Å². The van der Waals surface area contributed by atoms with Crippen molar-refractivity contribution in [1.29, 1.82) is 0 Å². The van der Waals surface area contributed by atoms with E-state index in [0.29, 0.717) is 43.9 Å². The Balaban J connectivity index is 1.08. The minimum atomic E-state index is -2.13. The third-order valence-corrected chi connectivity index (χ3v) is 18.4. The lowest BCUT2D eigenvalue weighted by molar-refractivity contribution is -0.418. The van der Waals surface area contributed by atoms with Gasteiger partial charge in [-0.25, -0.2) is 0 Å². The first kappa shape index (κ1) is 48.0. The van der Waals surface area contributed by atoms with Gasteiger partial charge in [-0.3, -0.25) is 4.79 Å². The van der Waals surface area contributed by atoms with E-state index in [0.717, 1.165) is 32.1 Å². The van der Waals surface area contributed by atoms with Crippen LogP contribution in [0, 0.1) is 50.2 Å². The van der Waals surface area contributed by atoms with Crippen LogP contribution < -0.4 is 0 Å². The molecule has 0 spiro atoms.